The van der Waals surface area contributed by atoms with Crippen LogP contribution < -0.4 is 0 Å². The van der Waals surface area contributed by atoms with Crippen LogP contribution in [0, 0.1) is 5.82 Å². The van der Waals surface area contributed by atoms with Gasteiger partial charge in [0.05, 0.1) is 6.21 Å². The first kappa shape index (κ1) is 8.71. The Morgan fingerprint density at radius 2 is 2.00 bits per heavy atom. The van der Waals surface area contributed by atoms with E-state index in [4.69, 9.17) is 0 Å². The predicted molar refractivity (Wildman–Crippen MR) is 47.7 cm³/mol. The third-order valence-corrected chi connectivity index (χ3v) is 1.33. The lowest BCUT2D eigenvalue weighted by atomic mass is 10.2. The van der Waals surface area contributed by atoms with Crippen LogP contribution in [0.3, 0.4) is 0 Å². The second-order valence-electron chi connectivity index (χ2n) is 2.61. The Labute approximate surface area is 71.3 Å². The first-order valence-corrected chi connectivity index (χ1v) is 3.66. The zero-order valence-electron chi connectivity index (χ0n) is 7.16. The smallest absolute Gasteiger partial charge is 0.132 e. The lowest BCUT2D eigenvalue weighted by Crippen LogP contribution is -2.02. The van der Waals surface area contributed by atoms with Crippen LogP contribution >= 0.6 is 0 Å². The Hall–Kier alpha value is -1.38. The number of halogens is 1. The van der Waals surface area contributed by atoms with Crippen LogP contribution in [0.4, 0.5) is 4.39 Å². The van der Waals surface area contributed by atoms with E-state index in [9.17, 15) is 4.39 Å². The number of benzene rings is 1. The first-order chi connectivity index (χ1) is 5.70. The maximum Gasteiger partial charge on any atom is 0.132 e. The summed E-state index contributed by atoms with van der Waals surface area (Å²) in [6.07, 6.45) is 1.50. The zero-order chi connectivity index (χ0) is 8.97. The van der Waals surface area contributed by atoms with Crippen LogP contribution in [0.1, 0.15) is 5.56 Å². The van der Waals surface area contributed by atoms with Gasteiger partial charge in [0, 0.05) is 19.7 Å². The van der Waals surface area contributed by atoms with Crippen molar-refractivity contribution < 1.29 is 4.39 Å². The van der Waals surface area contributed by atoms with Crippen LogP contribution in [0.25, 0.3) is 0 Å². The van der Waals surface area contributed by atoms with Gasteiger partial charge in [0.1, 0.15) is 5.82 Å². The molecule has 0 unspecified atom stereocenters. The summed E-state index contributed by atoms with van der Waals surface area (Å²) >= 11 is 0. The Morgan fingerprint density at radius 3 is 2.58 bits per heavy atom. The molecule has 1 rings (SSSR count). The summed E-state index contributed by atoms with van der Waals surface area (Å²) in [5, 5.41) is 5.54. The van der Waals surface area contributed by atoms with Gasteiger partial charge in [-0.15, -0.1) is 0 Å². The predicted octanol–water partition coefficient (Wildman–Crippen LogP) is 1.72. The van der Waals surface area contributed by atoms with Crippen molar-refractivity contribution in [2.24, 2.45) is 5.10 Å². The van der Waals surface area contributed by atoms with Crippen molar-refractivity contribution >= 4 is 6.21 Å². The van der Waals surface area contributed by atoms with Crippen molar-refractivity contribution in [2.75, 3.05) is 14.1 Å². The van der Waals surface area contributed by atoms with Gasteiger partial charge >= 0.3 is 0 Å². The lowest BCUT2D eigenvalue weighted by molar-refractivity contribution is 0.440. The fourth-order valence-electron chi connectivity index (χ4n) is 0.757. The van der Waals surface area contributed by atoms with E-state index in [1.165, 1.54) is 12.3 Å². The normalized spacial score (nSPS) is 10.6. The summed E-state index contributed by atoms with van der Waals surface area (Å²) in [5.74, 6) is -0.247. The summed E-state index contributed by atoms with van der Waals surface area (Å²) in [6, 6.07) is 6.53. The van der Waals surface area contributed by atoms with Crippen LogP contribution in [0.2, 0.25) is 0 Å². The van der Waals surface area contributed by atoms with E-state index in [1.54, 1.807) is 37.3 Å². The summed E-state index contributed by atoms with van der Waals surface area (Å²) in [4.78, 5) is 0. The van der Waals surface area contributed by atoms with Crippen molar-refractivity contribution in [2.45, 2.75) is 0 Å². The quantitative estimate of drug-likeness (QED) is 0.482. The van der Waals surface area contributed by atoms with Crippen molar-refractivity contribution in [3.05, 3.63) is 35.6 Å². The maximum atomic E-state index is 12.9. The lowest BCUT2D eigenvalue weighted by Gasteiger charge is -2.02. The molecule has 0 amide bonds. The molecule has 2 nitrogen and oxygen atoms in total. The average molecular weight is 166 g/mol. The van der Waals surface area contributed by atoms with E-state index in [0.717, 1.165) is 0 Å². The maximum absolute atomic E-state index is 12.9. The molecule has 12 heavy (non-hydrogen) atoms. The van der Waals surface area contributed by atoms with Crippen LogP contribution in [0.5, 0.6) is 0 Å². The third-order valence-electron chi connectivity index (χ3n) is 1.33. The second kappa shape index (κ2) is 3.85. The topological polar surface area (TPSA) is 15.6 Å². The van der Waals surface area contributed by atoms with Crippen molar-refractivity contribution in [3.63, 3.8) is 0 Å². The third kappa shape index (κ3) is 2.34. The minimum Gasteiger partial charge on any atom is -0.303 e. The van der Waals surface area contributed by atoms with Gasteiger partial charge in [-0.25, -0.2) is 4.39 Å². The van der Waals surface area contributed by atoms with Crippen molar-refractivity contribution in [1.29, 1.82) is 0 Å². The van der Waals surface area contributed by atoms with Gasteiger partial charge in [0.2, 0.25) is 0 Å². The fourth-order valence-corrected chi connectivity index (χ4v) is 0.757. The van der Waals surface area contributed by atoms with Gasteiger partial charge in [-0.3, -0.25) is 0 Å². The summed E-state index contributed by atoms with van der Waals surface area (Å²) in [5.41, 5.74) is 0.506. The molecular weight excluding hydrogens is 155 g/mol. The molecule has 0 N–H and O–H groups in total. The second-order valence-corrected chi connectivity index (χ2v) is 2.61. The van der Waals surface area contributed by atoms with Crippen LogP contribution in [-0.2, 0) is 0 Å². The van der Waals surface area contributed by atoms with E-state index in [0.29, 0.717) is 5.56 Å². The zero-order valence-corrected chi connectivity index (χ0v) is 7.16. The van der Waals surface area contributed by atoms with Gasteiger partial charge in [0.15, 0.2) is 0 Å². The molecule has 3 heteroatoms. The summed E-state index contributed by atoms with van der Waals surface area (Å²) in [7, 11) is 3.58. The minimum absolute atomic E-state index is 0.247. The standard InChI is InChI=1S/C9H11FN2/c1-12(2)11-7-8-5-3-4-6-9(8)10/h3-7H,1-2H3/b11-7+. The monoisotopic (exact) mass is 166 g/mol. The van der Waals surface area contributed by atoms with Gasteiger partial charge in [0.25, 0.3) is 0 Å². The SMILES string of the molecule is CN(C)/N=C/c1ccccc1F. The largest absolute Gasteiger partial charge is 0.303 e. The average Bonchev–Trinajstić information content (AvgIpc) is 2.03. The molecule has 0 fully saturated rings. The van der Waals surface area contributed by atoms with E-state index in [2.05, 4.69) is 5.10 Å². The number of nitrogens with zero attached hydrogens (tertiary/aromatic N) is 2. The van der Waals surface area contributed by atoms with E-state index < -0.39 is 0 Å². The molecule has 0 spiro atoms. The summed E-state index contributed by atoms with van der Waals surface area (Å²) in [6.45, 7) is 0. The van der Waals surface area contributed by atoms with Gasteiger partial charge in [-0.2, -0.15) is 5.10 Å². The van der Waals surface area contributed by atoms with E-state index in [1.807, 2.05) is 0 Å². The molecule has 1 aromatic carbocycles. The van der Waals surface area contributed by atoms with Crippen molar-refractivity contribution in [3.8, 4) is 0 Å². The van der Waals surface area contributed by atoms with E-state index in [-0.39, 0.29) is 5.82 Å². The van der Waals surface area contributed by atoms with Crippen molar-refractivity contribution in [1.82, 2.24) is 5.01 Å². The fraction of sp³-hybridized carbons (Fsp3) is 0.222. The number of hydrogen-bond acceptors (Lipinski definition) is 2. The molecule has 0 heterocycles. The number of hydrogen-bond donors (Lipinski definition) is 0. The highest BCUT2D eigenvalue weighted by Crippen LogP contribution is 2.02. The Balaban J connectivity index is 2.82. The number of hydrazone groups is 1. The van der Waals surface area contributed by atoms with Crippen LogP contribution in [-0.4, -0.2) is 25.3 Å². The number of rotatable bonds is 2. The molecule has 0 atom stereocenters. The molecule has 0 aliphatic rings. The van der Waals surface area contributed by atoms with Gasteiger partial charge < -0.3 is 5.01 Å². The highest BCUT2D eigenvalue weighted by Gasteiger charge is 1.94. The molecule has 0 saturated heterocycles. The Bertz CT molecular complexity index is 282. The molecular formula is C9H11FN2. The first-order valence-electron chi connectivity index (χ1n) is 3.66. The molecule has 64 valence electrons. The summed E-state index contributed by atoms with van der Waals surface area (Å²) < 4.78 is 12.9. The van der Waals surface area contributed by atoms with Crippen LogP contribution in [0.15, 0.2) is 29.4 Å². The molecule has 1 aromatic rings. The Morgan fingerprint density at radius 1 is 1.33 bits per heavy atom. The van der Waals surface area contributed by atoms with Gasteiger partial charge in [-0.1, -0.05) is 18.2 Å². The van der Waals surface area contributed by atoms with Gasteiger partial charge in [-0.05, 0) is 6.07 Å². The molecule has 0 bridgehead atoms. The molecule has 0 aliphatic carbocycles. The molecule has 0 aromatic heterocycles. The highest BCUT2D eigenvalue weighted by atomic mass is 19.1. The molecule has 0 radical (unpaired) electrons. The molecule has 0 saturated carbocycles. The minimum atomic E-state index is -0.247. The van der Waals surface area contributed by atoms with E-state index >= 15 is 0 Å². The highest BCUT2D eigenvalue weighted by molar-refractivity contribution is 5.79. The Kier molecular flexibility index (Phi) is 2.80. The molecule has 0 aliphatic heterocycles.